The minimum Gasteiger partial charge on any atom is -0.494 e. The summed E-state index contributed by atoms with van der Waals surface area (Å²) in [7, 11) is 2.21. The molecule has 0 radical (unpaired) electrons. The zero-order chi connectivity index (χ0) is 23.3. The van der Waals surface area contributed by atoms with E-state index in [1.807, 2.05) is 6.20 Å². The first-order chi connectivity index (χ1) is 16.7. The van der Waals surface area contributed by atoms with Crippen molar-refractivity contribution in [2.75, 3.05) is 57.8 Å². The van der Waals surface area contributed by atoms with E-state index >= 15 is 0 Å². The van der Waals surface area contributed by atoms with Crippen LogP contribution in [0.2, 0.25) is 0 Å². The van der Waals surface area contributed by atoms with E-state index in [2.05, 4.69) is 77.2 Å². The molecule has 2 aliphatic rings. The summed E-state index contributed by atoms with van der Waals surface area (Å²) in [6.07, 6.45) is 6.75. The Kier molecular flexibility index (Phi) is 7.31. The molecule has 0 unspecified atom stereocenters. The molecule has 3 aromatic rings. The Morgan fingerprint density at radius 1 is 0.941 bits per heavy atom. The van der Waals surface area contributed by atoms with Crippen LogP contribution in [0.25, 0.3) is 10.9 Å². The van der Waals surface area contributed by atoms with E-state index < -0.39 is 0 Å². The number of para-hydroxylation sites is 1. The molecule has 1 atom stereocenters. The molecule has 1 fully saturated rings. The first kappa shape index (κ1) is 23.1. The quantitative estimate of drug-likeness (QED) is 0.414. The summed E-state index contributed by atoms with van der Waals surface area (Å²) in [4.78, 5) is 12.3. The van der Waals surface area contributed by atoms with Gasteiger partial charge in [0.25, 0.3) is 0 Å². The minimum absolute atomic E-state index is 0.308. The van der Waals surface area contributed by atoms with Gasteiger partial charge in [0.05, 0.1) is 18.2 Å². The largest absolute Gasteiger partial charge is 0.494 e. The lowest BCUT2D eigenvalue weighted by molar-refractivity contribution is 0.151. The molecular weight excluding hydrogens is 420 g/mol. The molecule has 2 aromatic carbocycles. The molecule has 0 aliphatic carbocycles. The Morgan fingerprint density at radius 2 is 1.79 bits per heavy atom. The van der Waals surface area contributed by atoms with E-state index in [0.717, 1.165) is 37.3 Å². The molecule has 0 amide bonds. The minimum atomic E-state index is 0.308. The number of ether oxygens (including phenoxy) is 1. The molecule has 0 saturated carbocycles. The highest BCUT2D eigenvalue weighted by Crippen LogP contribution is 2.35. The van der Waals surface area contributed by atoms with Gasteiger partial charge in [0.1, 0.15) is 5.75 Å². The Bertz CT molecular complexity index is 1090. The van der Waals surface area contributed by atoms with Gasteiger partial charge in [0.2, 0.25) is 0 Å². The maximum atomic E-state index is 6.05. The van der Waals surface area contributed by atoms with Crippen LogP contribution < -0.4 is 9.64 Å². The predicted molar refractivity (Wildman–Crippen MR) is 141 cm³/mol. The molecule has 1 aromatic heterocycles. The normalized spacial score (nSPS) is 17.8. The third-order valence-electron chi connectivity index (χ3n) is 7.53. The molecule has 5 heteroatoms. The van der Waals surface area contributed by atoms with Crippen molar-refractivity contribution in [2.45, 2.75) is 38.6 Å². The summed E-state index contributed by atoms with van der Waals surface area (Å²) < 4.78 is 6.05. The first-order valence-electron chi connectivity index (χ1n) is 13.0. The van der Waals surface area contributed by atoms with Crippen molar-refractivity contribution in [3.05, 3.63) is 65.9 Å². The summed E-state index contributed by atoms with van der Waals surface area (Å²) in [5, 5.41) is 1.18. The van der Waals surface area contributed by atoms with Gasteiger partial charge in [0.15, 0.2) is 0 Å². The number of hydrogen-bond donors (Lipinski definition) is 0. The predicted octanol–water partition coefficient (Wildman–Crippen LogP) is 5.16. The summed E-state index contributed by atoms with van der Waals surface area (Å²) >= 11 is 0. The molecule has 34 heavy (non-hydrogen) atoms. The lowest BCUT2D eigenvalue weighted by Gasteiger charge is -2.32. The number of pyridine rings is 1. The maximum Gasteiger partial charge on any atom is 0.121 e. The van der Waals surface area contributed by atoms with Crippen molar-refractivity contribution in [1.29, 1.82) is 0 Å². The van der Waals surface area contributed by atoms with E-state index in [1.54, 1.807) is 0 Å². The zero-order valence-electron chi connectivity index (χ0n) is 20.7. The molecule has 3 heterocycles. The molecular formula is C29H38N4O. The average Bonchev–Trinajstić information content (AvgIpc) is 3.30. The summed E-state index contributed by atoms with van der Waals surface area (Å²) in [5.74, 6) is 0.924. The average molecular weight is 459 g/mol. The van der Waals surface area contributed by atoms with Gasteiger partial charge in [-0.25, -0.2) is 0 Å². The van der Waals surface area contributed by atoms with Crippen LogP contribution in [0.15, 0.2) is 54.7 Å². The van der Waals surface area contributed by atoms with Gasteiger partial charge in [-0.1, -0.05) is 18.2 Å². The summed E-state index contributed by atoms with van der Waals surface area (Å²) in [6.45, 7) is 10.2. The second kappa shape index (κ2) is 10.7. The van der Waals surface area contributed by atoms with Crippen molar-refractivity contribution in [2.24, 2.45) is 0 Å². The topological polar surface area (TPSA) is 31.8 Å². The van der Waals surface area contributed by atoms with Crippen LogP contribution >= 0.6 is 0 Å². The molecule has 1 saturated heterocycles. The Hall–Kier alpha value is -2.63. The maximum absolute atomic E-state index is 6.05. The highest BCUT2D eigenvalue weighted by Gasteiger charge is 2.24. The Labute approximate surface area is 204 Å². The van der Waals surface area contributed by atoms with E-state index in [4.69, 9.17) is 9.72 Å². The van der Waals surface area contributed by atoms with Crippen LogP contribution in [0.1, 0.15) is 43.4 Å². The fourth-order valence-corrected chi connectivity index (χ4v) is 5.26. The van der Waals surface area contributed by atoms with E-state index in [0.29, 0.717) is 6.04 Å². The molecule has 0 N–H and O–H groups in total. The lowest BCUT2D eigenvalue weighted by atomic mass is 10.1. The van der Waals surface area contributed by atoms with Gasteiger partial charge < -0.3 is 19.4 Å². The van der Waals surface area contributed by atoms with E-state index in [9.17, 15) is 0 Å². The summed E-state index contributed by atoms with van der Waals surface area (Å²) in [6, 6.07) is 17.7. The molecule has 0 spiro atoms. The van der Waals surface area contributed by atoms with Crippen molar-refractivity contribution < 1.29 is 4.74 Å². The Morgan fingerprint density at radius 3 is 2.68 bits per heavy atom. The number of nitrogens with zero attached hydrogens (tertiary/aromatic N) is 4. The van der Waals surface area contributed by atoms with Crippen LogP contribution in [0.3, 0.4) is 0 Å². The number of fused-ring (bicyclic) bond motifs is 2. The molecule has 5 nitrogen and oxygen atoms in total. The van der Waals surface area contributed by atoms with Crippen molar-refractivity contribution in [3.8, 4) is 5.75 Å². The second-order valence-electron chi connectivity index (χ2n) is 9.93. The SMILES string of the molecule is C[C@H](c1cnc2cc(OCCCCCN3CCN(C)CC3)ccc2c1)N1CCc2ccccc21. The monoisotopic (exact) mass is 458 g/mol. The van der Waals surface area contributed by atoms with Gasteiger partial charge >= 0.3 is 0 Å². The van der Waals surface area contributed by atoms with Gasteiger partial charge in [-0.15, -0.1) is 0 Å². The van der Waals surface area contributed by atoms with Gasteiger partial charge in [-0.05, 0) is 81.6 Å². The number of hydrogen-bond acceptors (Lipinski definition) is 5. The summed E-state index contributed by atoms with van der Waals surface area (Å²) in [5.41, 5.74) is 5.08. The number of piperazine rings is 1. The number of rotatable bonds is 9. The lowest BCUT2D eigenvalue weighted by Crippen LogP contribution is -2.44. The van der Waals surface area contributed by atoms with Crippen LogP contribution in [-0.2, 0) is 6.42 Å². The fourth-order valence-electron chi connectivity index (χ4n) is 5.26. The molecule has 5 rings (SSSR count). The van der Waals surface area contributed by atoms with Crippen molar-refractivity contribution >= 4 is 16.6 Å². The standard InChI is InChI=1S/C29H38N4O/c1-23(33-14-12-24-8-4-5-9-29(24)33)26-20-25-10-11-27(21-28(25)30-22-26)34-19-7-3-6-13-32-17-15-31(2)16-18-32/h4-5,8-11,20-23H,3,6-7,12-19H2,1-2H3/t23-/m1/s1. The van der Waals surface area contributed by atoms with Crippen molar-refractivity contribution in [1.82, 2.24) is 14.8 Å². The van der Waals surface area contributed by atoms with E-state index in [1.165, 1.54) is 67.8 Å². The number of likely N-dealkylation sites (N-methyl/N-ethyl adjacent to an activating group) is 1. The number of anilines is 1. The van der Waals surface area contributed by atoms with Crippen molar-refractivity contribution in [3.63, 3.8) is 0 Å². The molecule has 180 valence electrons. The highest BCUT2D eigenvalue weighted by molar-refractivity contribution is 5.80. The smallest absolute Gasteiger partial charge is 0.121 e. The second-order valence-corrected chi connectivity index (χ2v) is 9.93. The van der Waals surface area contributed by atoms with Gasteiger partial charge in [-0.3, -0.25) is 4.98 Å². The molecule has 0 bridgehead atoms. The third-order valence-corrected chi connectivity index (χ3v) is 7.53. The van der Waals surface area contributed by atoms with Crippen LogP contribution in [0.5, 0.6) is 5.75 Å². The number of unbranched alkanes of at least 4 members (excludes halogenated alkanes) is 2. The highest BCUT2D eigenvalue weighted by atomic mass is 16.5. The van der Waals surface area contributed by atoms with Crippen LogP contribution in [0.4, 0.5) is 5.69 Å². The fraction of sp³-hybridized carbons (Fsp3) is 0.483. The van der Waals surface area contributed by atoms with Crippen LogP contribution in [-0.4, -0.2) is 67.7 Å². The Balaban J connectivity index is 1.11. The first-order valence-corrected chi connectivity index (χ1v) is 13.0. The number of aromatic nitrogens is 1. The molecule has 2 aliphatic heterocycles. The zero-order valence-corrected chi connectivity index (χ0v) is 20.7. The van der Waals surface area contributed by atoms with Gasteiger partial charge in [-0.2, -0.15) is 0 Å². The van der Waals surface area contributed by atoms with Crippen LogP contribution in [0, 0.1) is 0 Å². The van der Waals surface area contributed by atoms with Gasteiger partial charge in [0, 0.05) is 56.1 Å². The number of benzene rings is 2. The van der Waals surface area contributed by atoms with E-state index in [-0.39, 0.29) is 0 Å². The third kappa shape index (κ3) is 5.37.